The number of amides is 1. The number of nitrogens with zero attached hydrogens (tertiary/aromatic N) is 2. The van der Waals surface area contributed by atoms with Crippen LogP contribution in [-0.4, -0.2) is 86.2 Å². The molecule has 0 aromatic carbocycles. The molecule has 1 amide bonds. The van der Waals surface area contributed by atoms with Crippen LogP contribution in [0.3, 0.4) is 0 Å². The Morgan fingerprint density at radius 3 is 2.16 bits per heavy atom. The molecule has 286 valence electrons. The summed E-state index contributed by atoms with van der Waals surface area (Å²) in [5, 5.41) is 0. The first-order valence-corrected chi connectivity index (χ1v) is 19.9. The van der Waals surface area contributed by atoms with Gasteiger partial charge in [0.1, 0.15) is 12.7 Å². The third kappa shape index (κ3) is 6.27. The fourth-order valence-corrected chi connectivity index (χ4v) is 13.1. The summed E-state index contributed by atoms with van der Waals surface area (Å²) in [4.78, 5) is 55.5. The molecule has 4 saturated carbocycles. The Bertz CT molecular complexity index is 1430. The molecule has 0 bridgehead atoms. The van der Waals surface area contributed by atoms with Gasteiger partial charge in [0.15, 0.2) is 0 Å². The minimum atomic E-state index is -0.457. The molecule has 0 aromatic heterocycles. The SMILES string of the molecule is COC(=O)CCN1CCN(C(=O)[C@]23CCC(C)(C)C[C@H]2C2=CC[C@@H]4[C@@]5(C)CC[C@H](OC(C)=O)[C@@](C)(COC(C)=O)[C@@H]5CC[C@@]4(C)[C@]2(C)CC3)CC1. The van der Waals surface area contributed by atoms with Crippen molar-refractivity contribution in [1.29, 1.82) is 0 Å². The van der Waals surface area contributed by atoms with Crippen molar-refractivity contribution in [3.63, 3.8) is 0 Å². The van der Waals surface area contributed by atoms with Crippen molar-refractivity contribution in [1.82, 2.24) is 9.80 Å². The van der Waals surface area contributed by atoms with Gasteiger partial charge in [-0.05, 0) is 104 Å². The van der Waals surface area contributed by atoms with Crippen molar-refractivity contribution >= 4 is 23.8 Å². The number of hydrogen-bond acceptors (Lipinski definition) is 8. The van der Waals surface area contributed by atoms with Crippen LogP contribution >= 0.6 is 0 Å². The summed E-state index contributed by atoms with van der Waals surface area (Å²) in [5.41, 5.74) is 0.954. The molecule has 6 rings (SSSR count). The molecule has 1 saturated heterocycles. The van der Waals surface area contributed by atoms with Crippen LogP contribution in [0.5, 0.6) is 0 Å². The normalized spacial score (nSPS) is 41.8. The van der Waals surface area contributed by atoms with Gasteiger partial charge in [0.05, 0.1) is 18.9 Å². The van der Waals surface area contributed by atoms with E-state index in [0.717, 1.165) is 77.3 Å². The number of allylic oxidation sites excluding steroid dienone is 2. The molecule has 0 aromatic rings. The number of esters is 3. The zero-order valence-electron chi connectivity index (χ0n) is 33.2. The number of ether oxygens (including phenoxy) is 3. The molecule has 5 aliphatic carbocycles. The number of hydrogen-bond donors (Lipinski definition) is 0. The van der Waals surface area contributed by atoms with E-state index in [1.807, 2.05) is 0 Å². The minimum Gasteiger partial charge on any atom is -0.469 e. The molecule has 5 fully saturated rings. The first-order valence-electron chi connectivity index (χ1n) is 19.9. The van der Waals surface area contributed by atoms with Gasteiger partial charge in [-0.25, -0.2) is 0 Å². The molecule has 9 nitrogen and oxygen atoms in total. The van der Waals surface area contributed by atoms with E-state index in [4.69, 9.17) is 14.2 Å². The molecule has 0 unspecified atom stereocenters. The minimum absolute atomic E-state index is 0.00663. The van der Waals surface area contributed by atoms with Crippen molar-refractivity contribution in [2.75, 3.05) is 46.4 Å². The van der Waals surface area contributed by atoms with E-state index in [9.17, 15) is 19.2 Å². The van der Waals surface area contributed by atoms with Gasteiger partial charge < -0.3 is 19.1 Å². The zero-order valence-corrected chi connectivity index (χ0v) is 33.2. The van der Waals surface area contributed by atoms with Crippen LogP contribution in [0.1, 0.15) is 126 Å². The third-order valence-electron chi connectivity index (χ3n) is 16.2. The third-order valence-corrected chi connectivity index (χ3v) is 16.2. The highest BCUT2D eigenvalue weighted by molar-refractivity contribution is 5.84. The van der Waals surface area contributed by atoms with E-state index >= 15 is 0 Å². The van der Waals surface area contributed by atoms with Crippen molar-refractivity contribution < 1.29 is 33.4 Å². The van der Waals surface area contributed by atoms with Gasteiger partial charge in [0, 0.05) is 52.0 Å². The molecule has 9 heteroatoms. The van der Waals surface area contributed by atoms with Crippen LogP contribution in [0, 0.1) is 50.2 Å². The second-order valence-corrected chi connectivity index (χ2v) is 19.3. The standard InChI is InChI=1S/C42H66N2O7/c1-28(45)50-27-39(6)32-12-16-41(8)33(38(32,5)15-13-34(39)51-29(2)46)11-10-30-31-26-37(3,4)17-19-42(31,20-18-40(30,41)7)36(48)44-24-22-43(23-25-44)21-14-35(47)49-9/h10,31-34H,11-27H2,1-9H3/t31-,32+,33+,34-,38-,39-,40+,41+,42-/m0/s1. The summed E-state index contributed by atoms with van der Waals surface area (Å²) in [7, 11) is 1.44. The van der Waals surface area contributed by atoms with Crippen LogP contribution in [0.2, 0.25) is 0 Å². The Morgan fingerprint density at radius 1 is 0.824 bits per heavy atom. The molecule has 0 spiro atoms. The van der Waals surface area contributed by atoms with E-state index in [1.54, 1.807) is 5.57 Å². The summed E-state index contributed by atoms with van der Waals surface area (Å²) < 4.78 is 16.6. The summed E-state index contributed by atoms with van der Waals surface area (Å²) in [6.45, 7) is 21.5. The van der Waals surface area contributed by atoms with Gasteiger partial charge >= 0.3 is 17.9 Å². The molecule has 6 aliphatic rings. The number of fused-ring (bicyclic) bond motifs is 7. The highest BCUT2D eigenvalue weighted by atomic mass is 16.6. The zero-order chi connectivity index (χ0) is 37.2. The van der Waals surface area contributed by atoms with Crippen LogP contribution in [0.4, 0.5) is 0 Å². The average Bonchev–Trinajstić information content (AvgIpc) is 3.07. The van der Waals surface area contributed by atoms with Crippen LogP contribution in [-0.2, 0) is 33.4 Å². The highest BCUT2D eigenvalue weighted by Crippen LogP contribution is 2.76. The largest absolute Gasteiger partial charge is 0.469 e. The number of rotatable bonds is 7. The number of carbonyl (C=O) groups is 4. The fraction of sp³-hybridized carbons (Fsp3) is 0.857. The van der Waals surface area contributed by atoms with Gasteiger partial charge in [-0.1, -0.05) is 53.2 Å². The average molecular weight is 711 g/mol. The summed E-state index contributed by atoms with van der Waals surface area (Å²) in [6.07, 6.45) is 12.6. The quantitative estimate of drug-likeness (QED) is 0.159. The van der Waals surface area contributed by atoms with Gasteiger partial charge in [0.25, 0.3) is 0 Å². The molecular formula is C42H66N2O7. The Balaban J connectivity index is 1.30. The fourth-order valence-electron chi connectivity index (χ4n) is 13.1. The maximum Gasteiger partial charge on any atom is 0.306 e. The Hall–Kier alpha value is -2.42. The maximum atomic E-state index is 14.9. The number of carbonyl (C=O) groups excluding carboxylic acids is 4. The molecular weight excluding hydrogens is 644 g/mol. The lowest BCUT2D eigenvalue weighted by Crippen LogP contribution is -2.67. The van der Waals surface area contributed by atoms with Crippen molar-refractivity contribution in [2.24, 2.45) is 50.2 Å². The molecule has 1 aliphatic heterocycles. The molecule has 0 radical (unpaired) electrons. The summed E-state index contributed by atoms with van der Waals surface area (Å²) in [5.74, 6) is 0.545. The van der Waals surface area contributed by atoms with E-state index in [2.05, 4.69) is 57.4 Å². The smallest absolute Gasteiger partial charge is 0.306 e. The van der Waals surface area contributed by atoms with Crippen molar-refractivity contribution in [2.45, 2.75) is 132 Å². The van der Waals surface area contributed by atoms with Gasteiger partial charge in [-0.2, -0.15) is 0 Å². The van der Waals surface area contributed by atoms with Crippen molar-refractivity contribution in [3.8, 4) is 0 Å². The summed E-state index contributed by atoms with van der Waals surface area (Å²) >= 11 is 0. The Labute approximate surface area is 306 Å². The van der Waals surface area contributed by atoms with Crippen molar-refractivity contribution in [3.05, 3.63) is 11.6 Å². The predicted octanol–water partition coefficient (Wildman–Crippen LogP) is 6.97. The van der Waals surface area contributed by atoms with E-state index in [-0.39, 0.29) is 69.5 Å². The van der Waals surface area contributed by atoms with E-state index in [1.165, 1.54) is 21.0 Å². The van der Waals surface area contributed by atoms with E-state index in [0.29, 0.717) is 37.9 Å². The highest BCUT2D eigenvalue weighted by Gasteiger charge is 2.70. The monoisotopic (exact) mass is 710 g/mol. The Kier molecular flexibility index (Phi) is 10.1. The second-order valence-electron chi connectivity index (χ2n) is 19.3. The second kappa shape index (κ2) is 13.5. The van der Waals surface area contributed by atoms with Gasteiger partial charge in [-0.15, -0.1) is 0 Å². The maximum absolute atomic E-state index is 14.9. The lowest BCUT2D eigenvalue weighted by Gasteiger charge is -2.71. The van der Waals surface area contributed by atoms with Crippen LogP contribution < -0.4 is 0 Å². The lowest BCUT2D eigenvalue weighted by molar-refractivity contribution is -0.226. The predicted molar refractivity (Wildman–Crippen MR) is 195 cm³/mol. The first-order chi connectivity index (χ1) is 23.8. The van der Waals surface area contributed by atoms with Crippen LogP contribution in [0.25, 0.3) is 0 Å². The lowest BCUT2D eigenvalue weighted by atomic mass is 9.33. The molecule has 51 heavy (non-hydrogen) atoms. The number of methoxy groups -OCH3 is 1. The van der Waals surface area contributed by atoms with E-state index < -0.39 is 5.41 Å². The topological polar surface area (TPSA) is 102 Å². The number of piperazine rings is 1. The molecule has 1 heterocycles. The van der Waals surface area contributed by atoms with Crippen LogP contribution in [0.15, 0.2) is 11.6 Å². The summed E-state index contributed by atoms with van der Waals surface area (Å²) in [6, 6.07) is 0. The van der Waals surface area contributed by atoms with Gasteiger partial charge in [0.2, 0.25) is 5.91 Å². The Morgan fingerprint density at radius 2 is 1.51 bits per heavy atom. The molecule has 0 N–H and O–H groups in total. The van der Waals surface area contributed by atoms with Gasteiger partial charge in [-0.3, -0.25) is 24.1 Å². The first kappa shape index (κ1) is 38.3. The molecule has 9 atom stereocenters.